The highest BCUT2D eigenvalue weighted by Crippen LogP contribution is 2.22. The molecule has 0 unspecified atom stereocenters. The number of rotatable bonds is 4. The van der Waals surface area contributed by atoms with Crippen molar-refractivity contribution in [3.8, 4) is 0 Å². The van der Waals surface area contributed by atoms with Crippen LogP contribution in [0.3, 0.4) is 0 Å². The van der Waals surface area contributed by atoms with Gasteiger partial charge in [-0.1, -0.05) is 0 Å². The van der Waals surface area contributed by atoms with Crippen molar-refractivity contribution in [2.75, 3.05) is 26.0 Å². The monoisotopic (exact) mass is 264 g/mol. The van der Waals surface area contributed by atoms with Gasteiger partial charge < -0.3 is 4.74 Å². The third kappa shape index (κ3) is 2.82. The van der Waals surface area contributed by atoms with Crippen LogP contribution in [0.2, 0.25) is 0 Å². The maximum atomic E-state index is 12.0. The van der Waals surface area contributed by atoms with Gasteiger partial charge in [-0.05, 0) is 13.8 Å². The first kappa shape index (κ1) is 14.1. The summed E-state index contributed by atoms with van der Waals surface area (Å²) in [6.07, 6.45) is 0. The number of methoxy groups -OCH3 is 1. The Hall–Kier alpha value is -0.990. The molecule has 7 nitrogen and oxygen atoms in total. The fourth-order valence-electron chi connectivity index (χ4n) is 1.51. The maximum Gasteiger partial charge on any atom is 0.247 e. The minimum atomic E-state index is -3.69. The summed E-state index contributed by atoms with van der Waals surface area (Å²) in [6.45, 7) is 2.59. The smallest absolute Gasteiger partial charge is 0.247 e. The molecule has 0 spiro atoms. The minimum Gasteiger partial charge on any atom is -0.384 e. The van der Waals surface area contributed by atoms with Gasteiger partial charge in [-0.3, -0.25) is 14.9 Å². The summed E-state index contributed by atoms with van der Waals surface area (Å²) in [7, 11) is -2.31. The standard InChI is InChI=1S/C9H16N2O5S/c1-9(2)8(13)10-7(12)6-11(9)17(14,15)5-4-16-3/h4-6H2,1-3H3,(H,10,12,13). The molecule has 98 valence electrons. The first-order chi connectivity index (χ1) is 7.71. The molecule has 0 bridgehead atoms. The van der Waals surface area contributed by atoms with Crippen LogP contribution in [0.15, 0.2) is 0 Å². The molecule has 0 aliphatic carbocycles. The molecule has 1 heterocycles. The lowest BCUT2D eigenvalue weighted by molar-refractivity contribution is -0.141. The van der Waals surface area contributed by atoms with Gasteiger partial charge >= 0.3 is 0 Å². The fourth-order valence-corrected chi connectivity index (χ4v) is 3.20. The Morgan fingerprint density at radius 3 is 2.53 bits per heavy atom. The molecular weight excluding hydrogens is 248 g/mol. The van der Waals surface area contributed by atoms with Gasteiger partial charge in [0.1, 0.15) is 5.54 Å². The third-order valence-electron chi connectivity index (χ3n) is 2.60. The number of amides is 2. The molecule has 1 N–H and O–H groups in total. The summed E-state index contributed by atoms with van der Waals surface area (Å²) in [5, 5.41) is 2.11. The first-order valence-electron chi connectivity index (χ1n) is 5.05. The van der Waals surface area contributed by atoms with Crippen LogP contribution in [0.1, 0.15) is 13.8 Å². The van der Waals surface area contributed by atoms with Crippen LogP contribution in [0, 0.1) is 0 Å². The van der Waals surface area contributed by atoms with E-state index in [1.807, 2.05) is 0 Å². The Morgan fingerprint density at radius 2 is 2.00 bits per heavy atom. The fraction of sp³-hybridized carbons (Fsp3) is 0.778. The number of nitrogens with zero attached hydrogens (tertiary/aromatic N) is 1. The van der Waals surface area contributed by atoms with Crippen molar-refractivity contribution < 1.29 is 22.7 Å². The van der Waals surface area contributed by atoms with Gasteiger partial charge in [-0.25, -0.2) is 8.42 Å². The summed E-state index contributed by atoms with van der Waals surface area (Å²) in [4.78, 5) is 22.8. The highest BCUT2D eigenvalue weighted by molar-refractivity contribution is 7.89. The molecule has 0 aromatic rings. The van der Waals surface area contributed by atoms with Gasteiger partial charge in [0, 0.05) is 7.11 Å². The maximum absolute atomic E-state index is 12.0. The van der Waals surface area contributed by atoms with E-state index >= 15 is 0 Å². The van der Waals surface area contributed by atoms with Gasteiger partial charge in [-0.2, -0.15) is 4.31 Å². The molecule has 1 aliphatic rings. The predicted octanol–water partition coefficient (Wildman–Crippen LogP) is -1.30. The molecule has 2 amide bonds. The van der Waals surface area contributed by atoms with Crippen LogP contribution in [0.4, 0.5) is 0 Å². The number of hydrogen-bond donors (Lipinski definition) is 1. The average molecular weight is 264 g/mol. The van der Waals surface area contributed by atoms with Crippen molar-refractivity contribution in [2.24, 2.45) is 0 Å². The van der Waals surface area contributed by atoms with Crippen molar-refractivity contribution in [3.63, 3.8) is 0 Å². The zero-order valence-corrected chi connectivity index (χ0v) is 10.8. The SMILES string of the molecule is COCCS(=O)(=O)N1CC(=O)NC(=O)C1(C)C. The van der Waals surface area contributed by atoms with E-state index in [0.717, 1.165) is 4.31 Å². The van der Waals surface area contributed by atoms with E-state index in [1.54, 1.807) is 0 Å². The van der Waals surface area contributed by atoms with Gasteiger partial charge in [-0.15, -0.1) is 0 Å². The molecule has 1 fully saturated rings. The van der Waals surface area contributed by atoms with E-state index in [0.29, 0.717) is 0 Å². The van der Waals surface area contributed by atoms with Gasteiger partial charge in [0.25, 0.3) is 0 Å². The summed E-state index contributed by atoms with van der Waals surface area (Å²) < 4.78 is 29.5. The van der Waals surface area contributed by atoms with Crippen LogP contribution in [-0.2, 0) is 24.3 Å². The molecule has 0 radical (unpaired) electrons. The molecule has 1 rings (SSSR count). The molecule has 8 heteroatoms. The molecular formula is C9H16N2O5S. The van der Waals surface area contributed by atoms with E-state index in [1.165, 1.54) is 21.0 Å². The molecule has 1 aliphatic heterocycles. The molecule has 17 heavy (non-hydrogen) atoms. The summed E-state index contributed by atoms with van der Waals surface area (Å²) in [5.41, 5.74) is -1.26. The third-order valence-corrected chi connectivity index (χ3v) is 4.54. The zero-order valence-electron chi connectivity index (χ0n) is 10.0. The largest absolute Gasteiger partial charge is 0.384 e. The molecule has 0 atom stereocenters. The quantitative estimate of drug-likeness (QED) is 0.637. The van der Waals surface area contributed by atoms with Gasteiger partial charge in [0.2, 0.25) is 21.8 Å². The van der Waals surface area contributed by atoms with E-state index < -0.39 is 27.4 Å². The number of sulfonamides is 1. The Labute approximate surface area is 100 Å². The predicted molar refractivity (Wildman–Crippen MR) is 59.6 cm³/mol. The summed E-state index contributed by atoms with van der Waals surface area (Å²) >= 11 is 0. The van der Waals surface area contributed by atoms with Crippen LogP contribution >= 0.6 is 0 Å². The Bertz CT molecular complexity index is 429. The number of piperazine rings is 1. The minimum absolute atomic E-state index is 0.0186. The van der Waals surface area contributed by atoms with Crippen LogP contribution < -0.4 is 5.32 Å². The molecule has 1 saturated heterocycles. The normalized spacial score (nSPS) is 21.4. The number of nitrogens with one attached hydrogen (secondary N) is 1. The lowest BCUT2D eigenvalue weighted by atomic mass is 10.0. The second-order valence-electron chi connectivity index (χ2n) is 4.25. The highest BCUT2D eigenvalue weighted by Gasteiger charge is 2.46. The molecule has 0 aromatic carbocycles. The number of carbonyl (C=O) groups is 2. The highest BCUT2D eigenvalue weighted by atomic mass is 32.2. The number of imide groups is 1. The Balaban J connectivity index is 3.01. The Morgan fingerprint density at radius 1 is 1.41 bits per heavy atom. The lowest BCUT2D eigenvalue weighted by Crippen LogP contribution is -2.65. The summed E-state index contributed by atoms with van der Waals surface area (Å²) in [5.74, 6) is -1.49. The molecule has 0 aromatic heterocycles. The van der Waals surface area contributed by atoms with Gasteiger partial charge in [0.05, 0.1) is 18.9 Å². The number of hydrogen-bond acceptors (Lipinski definition) is 5. The van der Waals surface area contributed by atoms with E-state index in [4.69, 9.17) is 4.74 Å². The van der Waals surface area contributed by atoms with Crippen LogP contribution in [-0.4, -0.2) is 56.1 Å². The second kappa shape index (κ2) is 4.71. The Kier molecular flexibility index (Phi) is 3.90. The van der Waals surface area contributed by atoms with Crippen molar-refractivity contribution in [1.29, 1.82) is 0 Å². The topological polar surface area (TPSA) is 92.8 Å². The first-order valence-corrected chi connectivity index (χ1v) is 6.66. The van der Waals surface area contributed by atoms with Crippen molar-refractivity contribution in [3.05, 3.63) is 0 Å². The number of carbonyl (C=O) groups excluding carboxylic acids is 2. The average Bonchev–Trinajstić information content (AvgIpc) is 2.21. The number of ether oxygens (including phenoxy) is 1. The van der Waals surface area contributed by atoms with E-state index in [-0.39, 0.29) is 18.9 Å². The van der Waals surface area contributed by atoms with Crippen molar-refractivity contribution in [2.45, 2.75) is 19.4 Å². The van der Waals surface area contributed by atoms with Gasteiger partial charge in [0.15, 0.2) is 0 Å². The van der Waals surface area contributed by atoms with E-state index in [9.17, 15) is 18.0 Å². The van der Waals surface area contributed by atoms with Crippen LogP contribution in [0.5, 0.6) is 0 Å². The second-order valence-corrected chi connectivity index (χ2v) is 6.26. The van der Waals surface area contributed by atoms with Crippen molar-refractivity contribution >= 4 is 21.8 Å². The lowest BCUT2D eigenvalue weighted by Gasteiger charge is -2.38. The van der Waals surface area contributed by atoms with Crippen LogP contribution in [0.25, 0.3) is 0 Å². The van der Waals surface area contributed by atoms with Crippen molar-refractivity contribution in [1.82, 2.24) is 9.62 Å². The molecule has 0 saturated carbocycles. The summed E-state index contributed by atoms with van der Waals surface area (Å²) in [6, 6.07) is 0. The van der Waals surface area contributed by atoms with E-state index in [2.05, 4.69) is 5.32 Å². The zero-order chi connectivity index (χ0) is 13.3.